The number of nitrogens with one attached hydrogen (secondary N) is 1. The number of nitrogens with zero attached hydrogens (tertiary/aromatic N) is 1. The SMILES string of the molecule is Cc1ccc(Br)cc1N1CC[C@H](C(=O)NCc2ccc3c(c2)OCO3)C1=O. The molecule has 1 atom stereocenters. The first-order valence-electron chi connectivity index (χ1n) is 8.77. The van der Waals surface area contributed by atoms with Gasteiger partial charge in [0.15, 0.2) is 11.5 Å². The average molecular weight is 431 g/mol. The van der Waals surface area contributed by atoms with Gasteiger partial charge in [-0.25, -0.2) is 0 Å². The predicted octanol–water partition coefficient (Wildman–Crippen LogP) is 3.16. The minimum absolute atomic E-state index is 0.153. The predicted molar refractivity (Wildman–Crippen MR) is 104 cm³/mol. The van der Waals surface area contributed by atoms with Gasteiger partial charge in [0.1, 0.15) is 5.92 Å². The monoisotopic (exact) mass is 430 g/mol. The lowest BCUT2D eigenvalue weighted by Crippen LogP contribution is -2.36. The average Bonchev–Trinajstić information content (AvgIpc) is 3.27. The number of carbonyl (C=O) groups is 2. The van der Waals surface area contributed by atoms with Crippen LogP contribution in [0.4, 0.5) is 5.69 Å². The molecule has 0 aliphatic carbocycles. The molecule has 0 unspecified atom stereocenters. The van der Waals surface area contributed by atoms with Gasteiger partial charge in [-0.1, -0.05) is 28.1 Å². The van der Waals surface area contributed by atoms with Crippen LogP contribution >= 0.6 is 15.9 Å². The molecule has 0 bridgehead atoms. The van der Waals surface area contributed by atoms with Crippen LogP contribution in [0.2, 0.25) is 0 Å². The van der Waals surface area contributed by atoms with E-state index >= 15 is 0 Å². The van der Waals surface area contributed by atoms with Crippen molar-refractivity contribution in [2.24, 2.45) is 5.92 Å². The summed E-state index contributed by atoms with van der Waals surface area (Å²) >= 11 is 3.44. The molecule has 6 nitrogen and oxygen atoms in total. The maximum absolute atomic E-state index is 12.8. The topological polar surface area (TPSA) is 67.9 Å². The van der Waals surface area contributed by atoms with E-state index < -0.39 is 5.92 Å². The Morgan fingerprint density at radius 2 is 2.04 bits per heavy atom. The quantitative estimate of drug-likeness (QED) is 0.756. The van der Waals surface area contributed by atoms with Gasteiger partial charge in [0.05, 0.1) is 0 Å². The van der Waals surface area contributed by atoms with E-state index in [1.165, 1.54) is 0 Å². The number of benzene rings is 2. The minimum Gasteiger partial charge on any atom is -0.454 e. The third kappa shape index (κ3) is 3.51. The van der Waals surface area contributed by atoms with Crippen molar-refractivity contribution < 1.29 is 19.1 Å². The molecule has 2 aromatic rings. The van der Waals surface area contributed by atoms with E-state index in [1.807, 2.05) is 43.3 Å². The van der Waals surface area contributed by atoms with Gasteiger partial charge in [0.2, 0.25) is 18.6 Å². The van der Waals surface area contributed by atoms with Crippen LogP contribution in [0, 0.1) is 12.8 Å². The zero-order valence-electron chi connectivity index (χ0n) is 14.8. The van der Waals surface area contributed by atoms with E-state index in [9.17, 15) is 9.59 Å². The summed E-state index contributed by atoms with van der Waals surface area (Å²) in [4.78, 5) is 27.1. The van der Waals surface area contributed by atoms with Crippen LogP contribution in [-0.4, -0.2) is 25.2 Å². The third-order valence-electron chi connectivity index (χ3n) is 4.89. The van der Waals surface area contributed by atoms with Crippen LogP contribution in [0.25, 0.3) is 0 Å². The molecular weight excluding hydrogens is 412 g/mol. The molecule has 2 aliphatic rings. The summed E-state index contributed by atoms with van der Waals surface area (Å²) in [5.41, 5.74) is 2.76. The minimum atomic E-state index is -0.655. The highest BCUT2D eigenvalue weighted by molar-refractivity contribution is 9.10. The number of rotatable bonds is 4. The maximum Gasteiger partial charge on any atom is 0.239 e. The van der Waals surface area contributed by atoms with E-state index in [0.29, 0.717) is 31.0 Å². The lowest BCUT2D eigenvalue weighted by molar-refractivity contribution is -0.132. The molecule has 2 amide bonds. The number of ether oxygens (including phenoxy) is 2. The molecule has 2 aromatic carbocycles. The summed E-state index contributed by atoms with van der Waals surface area (Å²) in [7, 11) is 0. The summed E-state index contributed by atoms with van der Waals surface area (Å²) < 4.78 is 11.5. The van der Waals surface area contributed by atoms with Crippen molar-refractivity contribution in [1.29, 1.82) is 0 Å². The zero-order chi connectivity index (χ0) is 19.0. The second-order valence-electron chi connectivity index (χ2n) is 6.67. The van der Waals surface area contributed by atoms with Crippen LogP contribution in [0.3, 0.4) is 0 Å². The molecule has 2 heterocycles. The summed E-state index contributed by atoms with van der Waals surface area (Å²) in [5, 5.41) is 2.87. The Morgan fingerprint density at radius 3 is 2.89 bits per heavy atom. The van der Waals surface area contributed by atoms with Crippen LogP contribution < -0.4 is 19.7 Å². The van der Waals surface area contributed by atoms with E-state index in [-0.39, 0.29) is 18.6 Å². The van der Waals surface area contributed by atoms with Crippen molar-refractivity contribution in [2.75, 3.05) is 18.2 Å². The molecule has 4 rings (SSSR count). The normalized spacial score (nSPS) is 18.1. The first-order valence-corrected chi connectivity index (χ1v) is 9.56. The van der Waals surface area contributed by atoms with E-state index in [4.69, 9.17) is 9.47 Å². The smallest absolute Gasteiger partial charge is 0.239 e. The molecule has 27 heavy (non-hydrogen) atoms. The number of hydrogen-bond acceptors (Lipinski definition) is 4. The first-order chi connectivity index (χ1) is 13.0. The van der Waals surface area contributed by atoms with E-state index in [1.54, 1.807) is 4.90 Å². The van der Waals surface area contributed by atoms with Gasteiger partial charge in [-0.3, -0.25) is 9.59 Å². The number of hydrogen-bond donors (Lipinski definition) is 1. The molecule has 1 fully saturated rings. The molecule has 0 saturated carbocycles. The molecule has 7 heteroatoms. The van der Waals surface area contributed by atoms with Crippen molar-refractivity contribution in [2.45, 2.75) is 19.9 Å². The van der Waals surface area contributed by atoms with E-state index in [2.05, 4.69) is 21.2 Å². The molecule has 1 N–H and O–H groups in total. The van der Waals surface area contributed by atoms with Crippen LogP contribution in [0.5, 0.6) is 11.5 Å². The highest BCUT2D eigenvalue weighted by Crippen LogP contribution is 2.33. The van der Waals surface area contributed by atoms with Gasteiger partial charge < -0.3 is 19.7 Å². The lowest BCUT2D eigenvalue weighted by Gasteiger charge is -2.19. The van der Waals surface area contributed by atoms with Gasteiger partial charge in [0.25, 0.3) is 0 Å². The van der Waals surface area contributed by atoms with Gasteiger partial charge in [-0.2, -0.15) is 0 Å². The van der Waals surface area contributed by atoms with Gasteiger partial charge >= 0.3 is 0 Å². The number of aryl methyl sites for hydroxylation is 1. The summed E-state index contributed by atoms with van der Waals surface area (Å²) in [6.07, 6.45) is 0.512. The van der Waals surface area contributed by atoms with Gasteiger partial charge in [0, 0.05) is 23.2 Å². The number of anilines is 1. The fraction of sp³-hybridized carbons (Fsp3) is 0.300. The second kappa shape index (κ2) is 7.23. The standard InChI is InChI=1S/C20H19BrN2O4/c1-12-2-4-14(21)9-16(12)23-7-6-15(20(23)25)19(24)22-10-13-3-5-17-18(8-13)27-11-26-17/h2-5,8-9,15H,6-7,10-11H2,1H3,(H,22,24)/t15-/m1/s1. The highest BCUT2D eigenvalue weighted by atomic mass is 79.9. The molecule has 2 aliphatic heterocycles. The van der Waals surface area contributed by atoms with Gasteiger partial charge in [-0.15, -0.1) is 0 Å². The molecule has 1 saturated heterocycles. The number of carbonyl (C=O) groups excluding carboxylic acids is 2. The molecule has 0 radical (unpaired) electrons. The summed E-state index contributed by atoms with van der Waals surface area (Å²) in [5.74, 6) is 0.329. The fourth-order valence-electron chi connectivity index (χ4n) is 3.40. The number of fused-ring (bicyclic) bond motifs is 1. The molecule has 140 valence electrons. The Labute approximate surface area is 165 Å². The highest BCUT2D eigenvalue weighted by Gasteiger charge is 2.38. The maximum atomic E-state index is 12.8. The Balaban J connectivity index is 1.41. The Morgan fingerprint density at radius 1 is 1.22 bits per heavy atom. The van der Waals surface area contributed by atoms with Crippen LogP contribution in [0.15, 0.2) is 40.9 Å². The molecular formula is C20H19BrN2O4. The summed E-state index contributed by atoms with van der Waals surface area (Å²) in [6, 6.07) is 11.4. The second-order valence-corrected chi connectivity index (χ2v) is 7.58. The fourth-order valence-corrected chi connectivity index (χ4v) is 3.75. The zero-order valence-corrected chi connectivity index (χ0v) is 16.4. The first kappa shape index (κ1) is 17.9. The van der Waals surface area contributed by atoms with Gasteiger partial charge in [-0.05, 0) is 48.7 Å². The molecule has 0 aromatic heterocycles. The van der Waals surface area contributed by atoms with E-state index in [0.717, 1.165) is 21.3 Å². The van der Waals surface area contributed by atoms with Crippen LogP contribution in [-0.2, 0) is 16.1 Å². The van der Waals surface area contributed by atoms with Crippen molar-refractivity contribution in [1.82, 2.24) is 5.32 Å². The third-order valence-corrected chi connectivity index (χ3v) is 5.38. The Kier molecular flexibility index (Phi) is 4.78. The lowest BCUT2D eigenvalue weighted by atomic mass is 10.1. The van der Waals surface area contributed by atoms with Crippen molar-refractivity contribution in [3.05, 3.63) is 52.0 Å². The van der Waals surface area contributed by atoms with Crippen molar-refractivity contribution in [3.8, 4) is 11.5 Å². The largest absolute Gasteiger partial charge is 0.454 e. The van der Waals surface area contributed by atoms with Crippen molar-refractivity contribution >= 4 is 33.4 Å². The van der Waals surface area contributed by atoms with Crippen LogP contribution in [0.1, 0.15) is 17.5 Å². The Hall–Kier alpha value is -2.54. The molecule has 0 spiro atoms. The summed E-state index contributed by atoms with van der Waals surface area (Å²) in [6.45, 7) is 3.06. The Bertz CT molecular complexity index is 915. The number of amides is 2. The van der Waals surface area contributed by atoms with Crippen molar-refractivity contribution in [3.63, 3.8) is 0 Å². The number of halogens is 1.